The van der Waals surface area contributed by atoms with Gasteiger partial charge in [-0.3, -0.25) is 0 Å². The summed E-state index contributed by atoms with van der Waals surface area (Å²) in [4.78, 5) is 20.8. The quantitative estimate of drug-likeness (QED) is 0.361. The van der Waals surface area contributed by atoms with Gasteiger partial charge < -0.3 is 25.4 Å². The van der Waals surface area contributed by atoms with E-state index in [1.165, 1.54) is 12.1 Å². The highest BCUT2D eigenvalue weighted by Crippen LogP contribution is 2.19. The van der Waals surface area contributed by atoms with Gasteiger partial charge >= 0.3 is 11.9 Å². The molecule has 0 aliphatic heterocycles. The summed E-state index contributed by atoms with van der Waals surface area (Å²) in [6, 6.07) is 11.6. The van der Waals surface area contributed by atoms with Crippen LogP contribution in [-0.4, -0.2) is 42.5 Å². The van der Waals surface area contributed by atoms with Crippen molar-refractivity contribution < 1.29 is 29.3 Å². The summed E-state index contributed by atoms with van der Waals surface area (Å²) in [7, 11) is 1.61. The van der Waals surface area contributed by atoms with Gasteiger partial charge in [0, 0.05) is 18.4 Å². The number of carboxylic acid groups (broad SMARTS) is 2. The van der Waals surface area contributed by atoms with Crippen LogP contribution in [0.2, 0.25) is 0 Å². The molecule has 0 amide bonds. The molecule has 28 heavy (non-hydrogen) atoms. The number of anilines is 1. The van der Waals surface area contributed by atoms with Gasteiger partial charge in [-0.05, 0) is 66.9 Å². The second-order valence-electron chi connectivity index (χ2n) is 5.61. The van der Waals surface area contributed by atoms with Crippen molar-refractivity contribution in [2.45, 2.75) is 13.3 Å². The summed E-state index contributed by atoms with van der Waals surface area (Å²) < 4.78 is 10.5. The Morgan fingerprint density at radius 2 is 1.79 bits per heavy atom. The molecule has 4 N–H and O–H groups in total. The van der Waals surface area contributed by atoms with Crippen molar-refractivity contribution in [2.24, 2.45) is 0 Å². The molecular formula is C21H25NO6. The molecule has 0 spiro atoms. The summed E-state index contributed by atoms with van der Waals surface area (Å²) in [5, 5.41) is 17.1. The molecule has 0 radical (unpaired) electrons. The third kappa shape index (κ3) is 8.37. The van der Waals surface area contributed by atoms with Gasteiger partial charge in [0.25, 0.3) is 0 Å². The van der Waals surface area contributed by atoms with Gasteiger partial charge in [0.05, 0.1) is 19.3 Å². The fraction of sp³-hybridized carbons (Fsp3) is 0.238. The zero-order valence-electron chi connectivity index (χ0n) is 15.9. The van der Waals surface area contributed by atoms with Gasteiger partial charge in [-0.1, -0.05) is 6.07 Å². The van der Waals surface area contributed by atoms with E-state index >= 15 is 0 Å². The molecule has 2 rings (SSSR count). The molecule has 2 aromatic carbocycles. The highest BCUT2D eigenvalue weighted by molar-refractivity contribution is 5.88. The molecule has 7 heteroatoms. The SMILES string of the molecule is CCOCCc1cc(OC)ccc1C=CC(=O)O.Nc1ccc(C(=O)O)cc1. The lowest BCUT2D eigenvalue weighted by Gasteiger charge is -2.08. The fourth-order valence-corrected chi connectivity index (χ4v) is 2.20. The van der Waals surface area contributed by atoms with E-state index in [-0.39, 0.29) is 5.56 Å². The standard InChI is InChI=1S/C14H18O4.C7H7NO2/c1-3-18-9-8-12-10-13(17-2)6-4-11(12)5-7-14(15)16;8-6-3-1-5(2-4-6)7(9)10/h4-7,10H,3,8-9H2,1-2H3,(H,15,16);1-4H,8H2,(H,9,10). The monoisotopic (exact) mass is 387 g/mol. The van der Waals surface area contributed by atoms with E-state index in [1.807, 2.05) is 25.1 Å². The van der Waals surface area contributed by atoms with Gasteiger partial charge in [-0.2, -0.15) is 0 Å². The summed E-state index contributed by atoms with van der Waals surface area (Å²) in [6.07, 6.45) is 3.44. The van der Waals surface area contributed by atoms with E-state index in [9.17, 15) is 9.59 Å². The molecule has 0 fully saturated rings. The van der Waals surface area contributed by atoms with Gasteiger partial charge in [-0.15, -0.1) is 0 Å². The molecule has 0 aliphatic rings. The van der Waals surface area contributed by atoms with Crippen LogP contribution in [0, 0.1) is 0 Å². The number of methoxy groups -OCH3 is 1. The Morgan fingerprint density at radius 1 is 1.11 bits per heavy atom. The Kier molecular flexibility index (Phi) is 9.85. The van der Waals surface area contributed by atoms with Crippen LogP contribution in [0.4, 0.5) is 5.69 Å². The Balaban J connectivity index is 0.000000330. The number of hydrogen-bond acceptors (Lipinski definition) is 5. The van der Waals surface area contributed by atoms with Crippen molar-refractivity contribution in [3.63, 3.8) is 0 Å². The maximum absolute atomic E-state index is 10.5. The summed E-state index contributed by atoms with van der Waals surface area (Å²) in [6.45, 7) is 3.22. The zero-order valence-corrected chi connectivity index (χ0v) is 15.9. The van der Waals surface area contributed by atoms with E-state index < -0.39 is 11.9 Å². The van der Waals surface area contributed by atoms with Gasteiger partial charge in [0.2, 0.25) is 0 Å². The van der Waals surface area contributed by atoms with Crippen molar-refractivity contribution in [3.05, 3.63) is 65.2 Å². The van der Waals surface area contributed by atoms with Gasteiger partial charge in [-0.25, -0.2) is 9.59 Å². The number of ether oxygens (including phenoxy) is 2. The molecule has 7 nitrogen and oxygen atoms in total. The van der Waals surface area contributed by atoms with Crippen LogP contribution in [0.15, 0.2) is 48.5 Å². The van der Waals surface area contributed by atoms with Crippen LogP contribution >= 0.6 is 0 Å². The van der Waals surface area contributed by atoms with E-state index in [0.717, 1.165) is 29.4 Å². The van der Waals surface area contributed by atoms with Crippen LogP contribution in [0.1, 0.15) is 28.4 Å². The highest BCUT2D eigenvalue weighted by atomic mass is 16.5. The molecule has 0 saturated carbocycles. The van der Waals surface area contributed by atoms with Crippen LogP contribution in [0.3, 0.4) is 0 Å². The van der Waals surface area contributed by atoms with Crippen LogP contribution in [-0.2, 0) is 16.0 Å². The smallest absolute Gasteiger partial charge is 0.335 e. The predicted octanol–water partition coefficient (Wildman–Crippen LogP) is 3.34. The molecule has 0 aromatic heterocycles. The topological polar surface area (TPSA) is 119 Å². The van der Waals surface area contributed by atoms with Crippen molar-refractivity contribution in [1.82, 2.24) is 0 Å². The lowest BCUT2D eigenvalue weighted by molar-refractivity contribution is -0.131. The average Bonchev–Trinajstić information content (AvgIpc) is 2.67. The minimum absolute atomic E-state index is 0.259. The second-order valence-corrected chi connectivity index (χ2v) is 5.61. The first-order valence-electron chi connectivity index (χ1n) is 8.61. The third-order valence-corrected chi connectivity index (χ3v) is 3.63. The molecule has 2 aromatic rings. The molecule has 0 saturated heterocycles. The Bertz CT molecular complexity index is 799. The molecular weight excluding hydrogens is 362 g/mol. The van der Waals surface area contributed by atoms with Gasteiger partial charge in [0.1, 0.15) is 5.75 Å². The molecule has 0 heterocycles. The Morgan fingerprint density at radius 3 is 2.32 bits per heavy atom. The Hall–Kier alpha value is -3.32. The number of rotatable bonds is 8. The number of carboxylic acids is 2. The highest BCUT2D eigenvalue weighted by Gasteiger charge is 2.03. The molecule has 0 aliphatic carbocycles. The lowest BCUT2D eigenvalue weighted by Crippen LogP contribution is -2.00. The summed E-state index contributed by atoms with van der Waals surface area (Å²) in [5.41, 5.74) is 8.05. The minimum atomic E-state index is -0.957. The van der Waals surface area contributed by atoms with E-state index in [2.05, 4.69) is 0 Å². The summed E-state index contributed by atoms with van der Waals surface area (Å²) >= 11 is 0. The van der Waals surface area contributed by atoms with Crippen molar-refractivity contribution in [1.29, 1.82) is 0 Å². The van der Waals surface area contributed by atoms with Crippen LogP contribution in [0.25, 0.3) is 6.08 Å². The van der Waals surface area contributed by atoms with Crippen LogP contribution in [0.5, 0.6) is 5.75 Å². The number of benzene rings is 2. The van der Waals surface area contributed by atoms with Crippen LogP contribution < -0.4 is 10.5 Å². The number of aliphatic carboxylic acids is 1. The first-order chi connectivity index (χ1) is 13.4. The van der Waals surface area contributed by atoms with Crippen molar-refractivity contribution in [3.8, 4) is 5.75 Å². The van der Waals surface area contributed by atoms with E-state index in [0.29, 0.717) is 18.9 Å². The van der Waals surface area contributed by atoms with Gasteiger partial charge in [0.15, 0.2) is 0 Å². The van der Waals surface area contributed by atoms with E-state index in [1.54, 1.807) is 25.3 Å². The van der Waals surface area contributed by atoms with Crippen molar-refractivity contribution in [2.75, 3.05) is 26.1 Å². The number of hydrogen-bond donors (Lipinski definition) is 3. The largest absolute Gasteiger partial charge is 0.497 e. The summed E-state index contributed by atoms with van der Waals surface area (Å²) in [5.74, 6) is -1.13. The minimum Gasteiger partial charge on any atom is -0.497 e. The number of nitrogens with two attached hydrogens (primary N) is 1. The number of nitrogen functional groups attached to an aromatic ring is 1. The number of carbonyl (C=O) groups is 2. The zero-order chi connectivity index (χ0) is 20.9. The second kappa shape index (κ2) is 12.1. The lowest BCUT2D eigenvalue weighted by atomic mass is 10.0. The molecule has 150 valence electrons. The third-order valence-electron chi connectivity index (χ3n) is 3.63. The normalized spacial score (nSPS) is 10.2. The average molecular weight is 387 g/mol. The molecule has 0 atom stereocenters. The van der Waals surface area contributed by atoms with Crippen molar-refractivity contribution >= 4 is 23.7 Å². The first-order valence-corrected chi connectivity index (χ1v) is 8.61. The maximum Gasteiger partial charge on any atom is 0.335 e. The number of aromatic carboxylic acids is 1. The first kappa shape index (κ1) is 22.7. The fourth-order valence-electron chi connectivity index (χ4n) is 2.20. The maximum atomic E-state index is 10.5. The van der Waals surface area contributed by atoms with E-state index in [4.69, 9.17) is 25.4 Å². The predicted molar refractivity (Wildman–Crippen MR) is 108 cm³/mol. The molecule has 0 bridgehead atoms. The Labute approximate surface area is 164 Å². The molecule has 0 unspecified atom stereocenters.